The van der Waals surface area contributed by atoms with Crippen molar-refractivity contribution in [3.8, 4) is 0 Å². The zero-order valence-electron chi connectivity index (χ0n) is 18.7. The topological polar surface area (TPSA) is 41.6 Å². The first-order valence-electron chi connectivity index (χ1n) is 10.5. The Labute approximate surface area is 208 Å². The molecular formula is C23H17F9N2O2S. The lowest BCUT2D eigenvalue weighted by Gasteiger charge is -2.44. The van der Waals surface area contributed by atoms with Crippen LogP contribution in [0.4, 0.5) is 39.5 Å². The van der Waals surface area contributed by atoms with E-state index in [2.05, 4.69) is 4.84 Å². The highest BCUT2D eigenvalue weighted by Gasteiger charge is 2.60. The van der Waals surface area contributed by atoms with Gasteiger partial charge < -0.3 is 4.90 Å². The summed E-state index contributed by atoms with van der Waals surface area (Å²) in [6.07, 6.45) is -8.74. The lowest BCUT2D eigenvalue weighted by Crippen LogP contribution is -2.59. The van der Waals surface area contributed by atoms with Crippen LogP contribution in [0.3, 0.4) is 0 Å². The molecule has 4 rings (SSSR count). The van der Waals surface area contributed by atoms with E-state index in [1.165, 1.54) is 40.9 Å². The first-order chi connectivity index (χ1) is 17.1. The molecule has 2 aliphatic heterocycles. The Kier molecular flexibility index (Phi) is 6.72. The third-order valence-electron chi connectivity index (χ3n) is 6.07. The van der Waals surface area contributed by atoms with Crippen molar-refractivity contribution in [1.29, 1.82) is 0 Å². The second kappa shape index (κ2) is 9.15. The van der Waals surface area contributed by atoms with Gasteiger partial charge in [0.05, 0.1) is 30.1 Å². The van der Waals surface area contributed by atoms with E-state index < -0.39 is 46.4 Å². The predicted octanol–water partition coefficient (Wildman–Crippen LogP) is 5.69. The number of alkyl halides is 7. The molecule has 14 heteroatoms. The van der Waals surface area contributed by atoms with Crippen LogP contribution in [-0.4, -0.2) is 42.1 Å². The van der Waals surface area contributed by atoms with Gasteiger partial charge in [0.25, 0.3) is 0 Å². The van der Waals surface area contributed by atoms with Crippen molar-refractivity contribution in [2.45, 2.75) is 23.6 Å². The summed E-state index contributed by atoms with van der Waals surface area (Å²) in [6, 6.07) is 4.91. The summed E-state index contributed by atoms with van der Waals surface area (Å²) >= 11 is 1.29. The van der Waals surface area contributed by atoms with Gasteiger partial charge in [0.1, 0.15) is 0 Å². The molecule has 2 aromatic rings. The number of nitrogens with one attached hydrogen (secondary N) is 1. The fraction of sp³-hybridized carbons (Fsp3) is 0.348. The molecule has 0 radical (unpaired) electrons. The van der Waals surface area contributed by atoms with Crippen molar-refractivity contribution in [2.75, 3.05) is 25.1 Å². The van der Waals surface area contributed by atoms with Crippen LogP contribution in [0.15, 0.2) is 42.5 Å². The van der Waals surface area contributed by atoms with Crippen LogP contribution in [0.2, 0.25) is 0 Å². The van der Waals surface area contributed by atoms with E-state index >= 15 is 4.39 Å². The van der Waals surface area contributed by atoms with Gasteiger partial charge in [-0.1, -0.05) is 24.3 Å². The minimum atomic E-state index is -5.47. The van der Waals surface area contributed by atoms with Crippen molar-refractivity contribution in [1.82, 2.24) is 10.4 Å². The SMILES string of the molecule is CSCC(=O)N1CC(F)(c2ccc(C3=CC(c4cc(F)c(F)c(C(F)(F)F)c4)(C(F)(F)F)ON3)cc2)C1. The van der Waals surface area contributed by atoms with Gasteiger partial charge in [-0.25, -0.2) is 13.2 Å². The first-order valence-corrected chi connectivity index (χ1v) is 11.9. The van der Waals surface area contributed by atoms with Crippen molar-refractivity contribution < 1.29 is 49.1 Å². The summed E-state index contributed by atoms with van der Waals surface area (Å²) in [5.74, 6) is -4.52. The van der Waals surface area contributed by atoms with Crippen molar-refractivity contribution in [3.63, 3.8) is 0 Å². The third kappa shape index (κ3) is 4.76. The van der Waals surface area contributed by atoms with E-state index in [-0.39, 0.29) is 53.7 Å². The number of nitrogens with zero attached hydrogens (tertiary/aromatic N) is 1. The zero-order chi connectivity index (χ0) is 27.4. The maximum atomic E-state index is 15.1. The number of rotatable bonds is 5. The van der Waals surface area contributed by atoms with E-state index in [9.17, 15) is 39.9 Å². The molecular weight excluding hydrogens is 539 g/mol. The van der Waals surface area contributed by atoms with Gasteiger partial charge >= 0.3 is 12.4 Å². The van der Waals surface area contributed by atoms with E-state index in [0.717, 1.165) is 0 Å². The maximum Gasteiger partial charge on any atom is 0.428 e. The van der Waals surface area contributed by atoms with Crippen LogP contribution in [0, 0.1) is 11.6 Å². The average Bonchev–Trinajstić information content (AvgIpc) is 3.25. The Morgan fingerprint density at radius 3 is 2.22 bits per heavy atom. The molecule has 1 unspecified atom stereocenters. The monoisotopic (exact) mass is 556 g/mol. The molecule has 1 atom stereocenters. The van der Waals surface area contributed by atoms with Crippen molar-refractivity contribution in [3.05, 3.63) is 76.4 Å². The van der Waals surface area contributed by atoms with Gasteiger partial charge in [-0.05, 0) is 35.6 Å². The van der Waals surface area contributed by atoms with Crippen LogP contribution in [0.5, 0.6) is 0 Å². The van der Waals surface area contributed by atoms with E-state index in [1.54, 1.807) is 6.26 Å². The molecule has 0 aromatic heterocycles. The number of likely N-dealkylation sites (tertiary alicyclic amines) is 1. The quantitative estimate of drug-likeness (QED) is 0.481. The standard InChI is InChI=1S/C23H17F9N2O2S/c1-37-9-18(35)34-10-20(26,11-34)13-4-2-12(3-5-13)17-8-21(36-33-17,23(30,31)32)14-6-15(22(27,28)29)19(25)16(24)7-14/h2-8,33H,9-11H2,1H3. The molecule has 2 aliphatic rings. The molecule has 200 valence electrons. The number of carbonyl (C=O) groups excluding carboxylic acids is 1. The molecule has 2 heterocycles. The van der Waals surface area contributed by atoms with Gasteiger partial charge in [0.15, 0.2) is 17.3 Å². The predicted molar refractivity (Wildman–Crippen MR) is 115 cm³/mol. The van der Waals surface area contributed by atoms with E-state index in [0.29, 0.717) is 6.08 Å². The first kappa shape index (κ1) is 27.2. The van der Waals surface area contributed by atoms with Crippen LogP contribution in [-0.2, 0) is 27.1 Å². The molecule has 37 heavy (non-hydrogen) atoms. The highest BCUT2D eigenvalue weighted by atomic mass is 32.2. The number of carbonyl (C=O) groups is 1. The highest BCUT2D eigenvalue weighted by molar-refractivity contribution is 7.99. The lowest BCUT2D eigenvalue weighted by atomic mass is 9.86. The minimum absolute atomic E-state index is 0.0180. The van der Waals surface area contributed by atoms with Gasteiger partial charge in [-0.2, -0.15) is 38.1 Å². The molecule has 1 N–H and O–H groups in total. The number of hydrogen-bond donors (Lipinski definition) is 1. The molecule has 0 bridgehead atoms. The Morgan fingerprint density at radius 2 is 1.68 bits per heavy atom. The summed E-state index contributed by atoms with van der Waals surface area (Å²) in [4.78, 5) is 17.9. The minimum Gasteiger partial charge on any atom is -0.335 e. The molecule has 1 saturated heterocycles. The molecule has 2 aromatic carbocycles. The summed E-state index contributed by atoms with van der Waals surface area (Å²) in [5, 5.41) is 0. The highest BCUT2D eigenvalue weighted by Crippen LogP contribution is 2.49. The van der Waals surface area contributed by atoms with Crippen LogP contribution >= 0.6 is 11.8 Å². The third-order valence-corrected chi connectivity index (χ3v) is 6.61. The lowest BCUT2D eigenvalue weighted by molar-refractivity contribution is -0.269. The summed E-state index contributed by atoms with van der Waals surface area (Å²) in [7, 11) is 0. The molecule has 0 spiro atoms. The Hall–Kier alpha value is -2.87. The van der Waals surface area contributed by atoms with Crippen LogP contribution in [0.1, 0.15) is 22.3 Å². The van der Waals surface area contributed by atoms with Gasteiger partial charge in [-0.15, -0.1) is 0 Å². The Bertz CT molecular complexity index is 1240. The van der Waals surface area contributed by atoms with E-state index in [1.807, 2.05) is 5.48 Å². The average molecular weight is 556 g/mol. The van der Waals surface area contributed by atoms with E-state index in [4.69, 9.17) is 0 Å². The number of halogens is 9. The molecule has 1 amide bonds. The second-order valence-electron chi connectivity index (χ2n) is 8.54. The molecule has 0 aliphatic carbocycles. The summed E-state index contributed by atoms with van der Waals surface area (Å²) in [5.41, 5.74) is -7.14. The summed E-state index contributed by atoms with van der Waals surface area (Å²) < 4.78 is 124. The maximum absolute atomic E-state index is 15.1. The number of hydrogen-bond acceptors (Lipinski definition) is 4. The molecule has 4 nitrogen and oxygen atoms in total. The fourth-order valence-corrected chi connectivity index (χ4v) is 4.51. The zero-order valence-corrected chi connectivity index (χ0v) is 19.6. The van der Waals surface area contributed by atoms with Gasteiger partial charge in [0.2, 0.25) is 11.5 Å². The Morgan fingerprint density at radius 1 is 1.05 bits per heavy atom. The number of amides is 1. The van der Waals surface area contributed by atoms with Crippen LogP contribution < -0.4 is 5.48 Å². The van der Waals surface area contributed by atoms with Crippen molar-refractivity contribution in [2.24, 2.45) is 0 Å². The fourth-order valence-electron chi connectivity index (χ4n) is 4.08. The largest absolute Gasteiger partial charge is 0.428 e. The second-order valence-corrected chi connectivity index (χ2v) is 9.40. The number of thioether (sulfide) groups is 1. The number of hydroxylamine groups is 1. The van der Waals surface area contributed by atoms with Crippen LogP contribution in [0.25, 0.3) is 5.70 Å². The van der Waals surface area contributed by atoms with Crippen molar-refractivity contribution >= 4 is 23.4 Å². The Balaban J connectivity index is 1.65. The van der Waals surface area contributed by atoms with Gasteiger partial charge in [0, 0.05) is 5.56 Å². The molecule has 0 saturated carbocycles. The number of benzene rings is 2. The summed E-state index contributed by atoms with van der Waals surface area (Å²) in [6.45, 7) is -0.380. The smallest absolute Gasteiger partial charge is 0.335 e. The normalized spacial score (nSPS) is 21.4. The van der Waals surface area contributed by atoms with Gasteiger partial charge in [-0.3, -0.25) is 15.1 Å². The molecule has 1 fully saturated rings.